The molecule has 17 heavy (non-hydrogen) atoms. The molecule has 0 bridgehead atoms. The van der Waals surface area contributed by atoms with E-state index < -0.39 is 11.6 Å². The molecule has 0 saturated heterocycles. The summed E-state index contributed by atoms with van der Waals surface area (Å²) in [6, 6.07) is 2.09. The Kier molecular flexibility index (Phi) is 5.71. The van der Waals surface area contributed by atoms with E-state index in [2.05, 4.69) is 18.7 Å². The number of nitrogens with zero attached hydrogens (tertiary/aromatic N) is 1. The molecule has 0 unspecified atom stereocenters. The molecule has 0 aliphatic heterocycles. The van der Waals surface area contributed by atoms with Gasteiger partial charge in [-0.15, -0.1) is 11.8 Å². The average molecular weight is 260 g/mol. The summed E-state index contributed by atoms with van der Waals surface area (Å²) in [5.41, 5.74) is 5.60. The molecule has 0 aromatic heterocycles. The third-order valence-corrected chi connectivity index (χ3v) is 3.65. The van der Waals surface area contributed by atoms with Crippen molar-refractivity contribution in [2.24, 2.45) is 0 Å². The van der Waals surface area contributed by atoms with Crippen molar-refractivity contribution in [3.63, 3.8) is 0 Å². The highest BCUT2D eigenvalue weighted by atomic mass is 32.2. The molecule has 0 radical (unpaired) electrons. The lowest BCUT2D eigenvalue weighted by molar-refractivity contribution is 0.324. The Bertz CT molecular complexity index is 368. The smallest absolute Gasteiger partial charge is 0.150 e. The average Bonchev–Trinajstić information content (AvgIpc) is 2.30. The van der Waals surface area contributed by atoms with Crippen LogP contribution >= 0.6 is 11.8 Å². The van der Waals surface area contributed by atoms with Crippen LogP contribution in [0.25, 0.3) is 0 Å². The van der Waals surface area contributed by atoms with Gasteiger partial charge in [0.25, 0.3) is 0 Å². The number of hydrogen-bond donors (Lipinski definition) is 1. The topological polar surface area (TPSA) is 29.3 Å². The highest BCUT2D eigenvalue weighted by Crippen LogP contribution is 2.28. The van der Waals surface area contributed by atoms with E-state index in [1.54, 1.807) is 0 Å². The third-order valence-electron chi connectivity index (χ3n) is 2.62. The molecular formula is C12H18F2N2S. The first kappa shape index (κ1) is 14.3. The number of thioether (sulfide) groups is 1. The number of nitrogen functional groups attached to an aromatic ring is 1. The maximum Gasteiger partial charge on any atom is 0.150 e. The molecule has 0 heterocycles. The van der Waals surface area contributed by atoms with Gasteiger partial charge in [-0.05, 0) is 19.2 Å². The lowest BCUT2D eigenvalue weighted by atomic mass is 10.3. The lowest BCUT2D eigenvalue weighted by Gasteiger charge is -2.17. The van der Waals surface area contributed by atoms with E-state index in [-0.39, 0.29) is 5.69 Å². The van der Waals surface area contributed by atoms with Crippen molar-refractivity contribution in [2.75, 3.05) is 31.1 Å². The molecule has 0 fully saturated rings. The minimum Gasteiger partial charge on any atom is -0.395 e. The van der Waals surface area contributed by atoms with Gasteiger partial charge in [0.15, 0.2) is 0 Å². The Morgan fingerprint density at radius 2 is 1.88 bits per heavy atom. The van der Waals surface area contributed by atoms with Crippen molar-refractivity contribution in [1.29, 1.82) is 0 Å². The summed E-state index contributed by atoms with van der Waals surface area (Å²) in [6.45, 7) is 7.01. The van der Waals surface area contributed by atoms with Crippen LogP contribution in [-0.2, 0) is 0 Å². The molecule has 0 saturated carbocycles. The molecule has 2 N–H and O–H groups in total. The normalized spacial score (nSPS) is 11.1. The quantitative estimate of drug-likeness (QED) is 0.630. The standard InChI is InChI=1S/C12H18F2N2S/c1-3-16(4-2)5-6-17-11-8-9(13)7-10(14)12(11)15/h7-8H,3-6,15H2,1-2H3. The van der Waals surface area contributed by atoms with Crippen molar-refractivity contribution < 1.29 is 8.78 Å². The lowest BCUT2D eigenvalue weighted by Crippen LogP contribution is -2.25. The van der Waals surface area contributed by atoms with Crippen LogP contribution in [0.3, 0.4) is 0 Å². The Morgan fingerprint density at radius 1 is 1.24 bits per heavy atom. The van der Waals surface area contributed by atoms with Crippen molar-refractivity contribution in [2.45, 2.75) is 18.7 Å². The van der Waals surface area contributed by atoms with Gasteiger partial charge in [0.1, 0.15) is 11.6 Å². The SMILES string of the molecule is CCN(CC)CCSc1cc(F)cc(F)c1N. The summed E-state index contributed by atoms with van der Waals surface area (Å²) >= 11 is 1.39. The van der Waals surface area contributed by atoms with Crippen LogP contribution in [0.1, 0.15) is 13.8 Å². The predicted octanol–water partition coefficient (Wildman–Crippen LogP) is 2.98. The molecule has 0 spiro atoms. The van der Waals surface area contributed by atoms with Gasteiger partial charge in [0, 0.05) is 23.3 Å². The Balaban J connectivity index is 2.57. The number of benzene rings is 1. The number of hydrogen-bond acceptors (Lipinski definition) is 3. The zero-order valence-corrected chi connectivity index (χ0v) is 11.0. The third kappa shape index (κ3) is 4.16. The maximum atomic E-state index is 13.2. The highest BCUT2D eigenvalue weighted by molar-refractivity contribution is 7.99. The van der Waals surface area contributed by atoms with Gasteiger partial charge in [0.05, 0.1) is 5.69 Å². The monoisotopic (exact) mass is 260 g/mol. The number of rotatable bonds is 6. The van der Waals surface area contributed by atoms with Crippen LogP contribution in [0.15, 0.2) is 17.0 Å². The second kappa shape index (κ2) is 6.81. The van der Waals surface area contributed by atoms with E-state index >= 15 is 0 Å². The molecule has 96 valence electrons. The molecule has 1 rings (SSSR count). The van der Waals surface area contributed by atoms with Gasteiger partial charge in [-0.1, -0.05) is 13.8 Å². The summed E-state index contributed by atoms with van der Waals surface area (Å²) in [7, 11) is 0. The Morgan fingerprint density at radius 3 is 2.47 bits per heavy atom. The predicted molar refractivity (Wildman–Crippen MR) is 69.3 cm³/mol. The molecule has 2 nitrogen and oxygen atoms in total. The first-order valence-corrected chi connectivity index (χ1v) is 6.66. The number of nitrogens with two attached hydrogens (primary N) is 1. The van der Waals surface area contributed by atoms with Crippen LogP contribution in [0.4, 0.5) is 14.5 Å². The van der Waals surface area contributed by atoms with E-state index in [0.717, 1.165) is 31.5 Å². The van der Waals surface area contributed by atoms with Gasteiger partial charge >= 0.3 is 0 Å². The minimum atomic E-state index is -0.685. The highest BCUT2D eigenvalue weighted by Gasteiger charge is 2.09. The molecule has 0 atom stereocenters. The van der Waals surface area contributed by atoms with Crippen LogP contribution in [0.2, 0.25) is 0 Å². The first-order chi connectivity index (χ1) is 8.08. The van der Waals surface area contributed by atoms with Crippen LogP contribution in [0.5, 0.6) is 0 Å². The first-order valence-electron chi connectivity index (χ1n) is 5.68. The largest absolute Gasteiger partial charge is 0.395 e. The van der Waals surface area contributed by atoms with Crippen molar-refractivity contribution in [3.8, 4) is 0 Å². The van der Waals surface area contributed by atoms with Crippen molar-refractivity contribution in [1.82, 2.24) is 4.90 Å². The van der Waals surface area contributed by atoms with Gasteiger partial charge in [0.2, 0.25) is 0 Å². The van der Waals surface area contributed by atoms with Crippen LogP contribution < -0.4 is 5.73 Å². The van der Waals surface area contributed by atoms with Crippen LogP contribution in [0, 0.1) is 11.6 Å². The van der Waals surface area contributed by atoms with E-state index in [4.69, 9.17) is 5.73 Å². The van der Waals surface area contributed by atoms with Crippen molar-refractivity contribution >= 4 is 17.4 Å². The zero-order valence-electron chi connectivity index (χ0n) is 10.2. The van der Waals surface area contributed by atoms with Gasteiger partial charge in [-0.3, -0.25) is 0 Å². The number of halogens is 2. The molecule has 0 aliphatic rings. The number of anilines is 1. The van der Waals surface area contributed by atoms with Gasteiger partial charge in [-0.2, -0.15) is 0 Å². The molecule has 5 heteroatoms. The second-order valence-electron chi connectivity index (χ2n) is 3.67. The van der Waals surface area contributed by atoms with E-state index in [1.165, 1.54) is 17.8 Å². The van der Waals surface area contributed by atoms with Crippen molar-refractivity contribution in [3.05, 3.63) is 23.8 Å². The van der Waals surface area contributed by atoms with E-state index in [1.807, 2.05) is 0 Å². The molecule has 0 aliphatic carbocycles. The second-order valence-corrected chi connectivity index (χ2v) is 4.81. The summed E-state index contributed by atoms with van der Waals surface area (Å²) in [5.74, 6) is -0.494. The Labute approximate surface area is 105 Å². The van der Waals surface area contributed by atoms with Crippen LogP contribution in [-0.4, -0.2) is 30.3 Å². The fourth-order valence-corrected chi connectivity index (χ4v) is 2.52. The fraction of sp³-hybridized carbons (Fsp3) is 0.500. The maximum absolute atomic E-state index is 13.2. The zero-order chi connectivity index (χ0) is 12.8. The summed E-state index contributed by atoms with van der Waals surface area (Å²) in [6.07, 6.45) is 0. The Hall–Kier alpha value is -0.810. The minimum absolute atomic E-state index is 0.0379. The fourth-order valence-electron chi connectivity index (χ4n) is 1.51. The molecular weight excluding hydrogens is 242 g/mol. The molecule has 1 aromatic rings. The van der Waals surface area contributed by atoms with Gasteiger partial charge < -0.3 is 10.6 Å². The van der Waals surface area contributed by atoms with Gasteiger partial charge in [-0.25, -0.2) is 8.78 Å². The summed E-state index contributed by atoms with van der Waals surface area (Å²) < 4.78 is 26.2. The molecule has 0 amide bonds. The van der Waals surface area contributed by atoms with E-state index in [0.29, 0.717) is 4.90 Å². The summed E-state index contributed by atoms with van der Waals surface area (Å²) in [4.78, 5) is 2.73. The molecule has 1 aromatic carbocycles. The summed E-state index contributed by atoms with van der Waals surface area (Å²) in [5, 5.41) is 0. The van der Waals surface area contributed by atoms with E-state index in [9.17, 15) is 8.78 Å².